The van der Waals surface area contributed by atoms with Crippen molar-refractivity contribution < 1.29 is 9.59 Å². The zero-order valence-corrected chi connectivity index (χ0v) is 14.7. The van der Waals surface area contributed by atoms with Crippen molar-refractivity contribution in [2.45, 2.75) is 19.1 Å². The summed E-state index contributed by atoms with van der Waals surface area (Å²) in [5.41, 5.74) is 8.45. The van der Waals surface area contributed by atoms with E-state index >= 15 is 0 Å². The first-order valence-electron chi connectivity index (χ1n) is 8.34. The van der Waals surface area contributed by atoms with Crippen molar-refractivity contribution in [1.29, 1.82) is 0 Å². The van der Waals surface area contributed by atoms with Crippen LogP contribution in [0.3, 0.4) is 0 Å². The van der Waals surface area contributed by atoms with Crippen LogP contribution in [0.2, 0.25) is 0 Å². The summed E-state index contributed by atoms with van der Waals surface area (Å²) in [5, 5.41) is 0. The van der Waals surface area contributed by atoms with Gasteiger partial charge in [0, 0.05) is 25.5 Å². The number of nitrogens with zero attached hydrogens (tertiary/aromatic N) is 5. The van der Waals surface area contributed by atoms with Gasteiger partial charge >= 0.3 is 6.03 Å². The Morgan fingerprint density at radius 2 is 2.04 bits per heavy atom. The summed E-state index contributed by atoms with van der Waals surface area (Å²) in [5.74, 6) is 0.326. The molecule has 26 heavy (non-hydrogen) atoms. The molecule has 0 spiro atoms. The fourth-order valence-electron chi connectivity index (χ4n) is 3.64. The summed E-state index contributed by atoms with van der Waals surface area (Å²) in [4.78, 5) is 36.6. The Morgan fingerprint density at radius 3 is 2.73 bits per heavy atom. The first-order valence-corrected chi connectivity index (χ1v) is 8.34. The number of carbonyl (C=O) groups is 2. The SMILES string of the molecule is C=CCN1C(=O)C2C(N=C3N(c4ccccc4N)C(C)=CN32)N(C)C1=O. The Balaban J connectivity index is 1.76. The van der Waals surface area contributed by atoms with E-state index in [1.54, 1.807) is 13.1 Å². The van der Waals surface area contributed by atoms with E-state index in [9.17, 15) is 9.59 Å². The van der Waals surface area contributed by atoms with Crippen LogP contribution in [0.15, 0.2) is 53.8 Å². The van der Waals surface area contributed by atoms with Gasteiger partial charge in [-0.25, -0.2) is 9.79 Å². The van der Waals surface area contributed by atoms with Crippen LogP contribution < -0.4 is 10.6 Å². The number of imide groups is 1. The van der Waals surface area contributed by atoms with Crippen LogP contribution in [0.25, 0.3) is 0 Å². The van der Waals surface area contributed by atoms with E-state index in [-0.39, 0.29) is 18.5 Å². The van der Waals surface area contributed by atoms with Crippen molar-refractivity contribution in [2.24, 2.45) is 4.99 Å². The van der Waals surface area contributed by atoms with Crippen molar-refractivity contribution in [3.63, 3.8) is 0 Å². The number of aliphatic imine (C=N–C) groups is 1. The fraction of sp³-hybridized carbons (Fsp3) is 0.278. The van der Waals surface area contributed by atoms with E-state index in [4.69, 9.17) is 10.7 Å². The van der Waals surface area contributed by atoms with Gasteiger partial charge in [-0.15, -0.1) is 6.58 Å². The number of hydrogen-bond acceptors (Lipinski definition) is 6. The fourth-order valence-corrected chi connectivity index (χ4v) is 3.64. The third-order valence-electron chi connectivity index (χ3n) is 4.88. The average Bonchev–Trinajstić information content (AvgIpc) is 3.12. The maximum Gasteiger partial charge on any atom is 0.328 e. The summed E-state index contributed by atoms with van der Waals surface area (Å²) in [6.45, 7) is 5.74. The molecule has 1 fully saturated rings. The lowest BCUT2D eigenvalue weighted by Gasteiger charge is -2.39. The second-order valence-electron chi connectivity index (χ2n) is 6.49. The monoisotopic (exact) mass is 352 g/mol. The van der Waals surface area contributed by atoms with Gasteiger partial charge in [0.25, 0.3) is 5.91 Å². The highest BCUT2D eigenvalue weighted by molar-refractivity contribution is 6.10. The number of guanidine groups is 1. The molecule has 2 unspecified atom stereocenters. The summed E-state index contributed by atoms with van der Waals surface area (Å²) in [6, 6.07) is 6.54. The Hall–Kier alpha value is -3.29. The lowest BCUT2D eigenvalue weighted by atomic mass is 10.1. The van der Waals surface area contributed by atoms with Crippen LogP contribution in [-0.4, -0.2) is 58.4 Å². The minimum absolute atomic E-state index is 0.173. The molecule has 1 aromatic carbocycles. The average molecular weight is 352 g/mol. The molecule has 2 atom stereocenters. The number of likely N-dealkylation sites (N-methyl/N-ethyl adjacent to an activating group) is 1. The number of carbonyl (C=O) groups excluding carboxylic acids is 2. The first kappa shape index (κ1) is 16.2. The Labute approximate surface area is 151 Å². The summed E-state index contributed by atoms with van der Waals surface area (Å²) in [7, 11) is 1.66. The Kier molecular flexibility index (Phi) is 3.50. The number of amides is 3. The number of hydrogen-bond donors (Lipinski definition) is 1. The molecule has 0 saturated carbocycles. The van der Waals surface area contributed by atoms with Gasteiger partial charge in [0.15, 0.2) is 12.2 Å². The molecular formula is C18H20N6O2. The van der Waals surface area contributed by atoms with Crippen molar-refractivity contribution in [3.8, 4) is 0 Å². The predicted octanol–water partition coefficient (Wildman–Crippen LogP) is 1.40. The van der Waals surface area contributed by atoms with Gasteiger partial charge in [0.05, 0.1) is 11.4 Å². The quantitative estimate of drug-likeness (QED) is 0.656. The molecular weight excluding hydrogens is 332 g/mol. The van der Waals surface area contributed by atoms with E-state index < -0.39 is 12.2 Å². The molecule has 8 nitrogen and oxygen atoms in total. The molecule has 2 N–H and O–H groups in total. The van der Waals surface area contributed by atoms with Gasteiger partial charge in [-0.05, 0) is 19.1 Å². The van der Waals surface area contributed by atoms with Crippen LogP contribution in [0, 0.1) is 0 Å². The molecule has 3 amide bonds. The van der Waals surface area contributed by atoms with E-state index in [0.717, 1.165) is 11.4 Å². The van der Waals surface area contributed by atoms with Crippen molar-refractivity contribution in [3.05, 3.63) is 48.8 Å². The van der Waals surface area contributed by atoms with Crippen LogP contribution in [0.1, 0.15) is 6.92 Å². The van der Waals surface area contributed by atoms with Crippen molar-refractivity contribution >= 4 is 29.3 Å². The van der Waals surface area contributed by atoms with Crippen molar-refractivity contribution in [2.75, 3.05) is 24.2 Å². The number of nitrogen functional groups attached to an aromatic ring is 1. The lowest BCUT2D eigenvalue weighted by Crippen LogP contribution is -2.64. The van der Waals surface area contributed by atoms with Crippen LogP contribution >= 0.6 is 0 Å². The standard InChI is InChI=1S/C18H20N6O2/c1-4-9-22-16(25)14-15(21(3)18(22)26)20-17-23(14)10-11(2)24(17)13-8-6-5-7-12(13)19/h4-8,10,14-15H,1,9,19H2,2-3H3. The molecule has 3 aliphatic rings. The molecule has 0 radical (unpaired) electrons. The Morgan fingerprint density at radius 1 is 1.31 bits per heavy atom. The third-order valence-corrected chi connectivity index (χ3v) is 4.88. The minimum Gasteiger partial charge on any atom is -0.397 e. The summed E-state index contributed by atoms with van der Waals surface area (Å²) < 4.78 is 0. The highest BCUT2D eigenvalue weighted by Gasteiger charge is 2.54. The van der Waals surface area contributed by atoms with Crippen LogP contribution in [0.5, 0.6) is 0 Å². The van der Waals surface area contributed by atoms with Crippen LogP contribution in [-0.2, 0) is 4.79 Å². The van der Waals surface area contributed by atoms with Gasteiger partial charge in [-0.3, -0.25) is 14.6 Å². The number of allylic oxidation sites excluding steroid dienone is 1. The molecule has 0 aromatic heterocycles. The first-order chi connectivity index (χ1) is 12.5. The lowest BCUT2D eigenvalue weighted by molar-refractivity contribution is -0.136. The highest BCUT2D eigenvalue weighted by atomic mass is 16.2. The number of fused-ring (bicyclic) bond motifs is 3. The number of anilines is 2. The number of para-hydroxylation sites is 2. The largest absolute Gasteiger partial charge is 0.397 e. The maximum absolute atomic E-state index is 13.0. The minimum atomic E-state index is -0.586. The molecule has 3 aliphatic heterocycles. The second kappa shape index (κ2) is 5.62. The van der Waals surface area contributed by atoms with Gasteiger partial charge in [0.2, 0.25) is 5.96 Å². The topological polar surface area (TPSA) is 85.5 Å². The van der Waals surface area contributed by atoms with E-state index in [2.05, 4.69) is 6.58 Å². The van der Waals surface area contributed by atoms with E-state index in [1.165, 1.54) is 9.80 Å². The third kappa shape index (κ3) is 2.05. The second-order valence-corrected chi connectivity index (χ2v) is 6.49. The molecule has 1 saturated heterocycles. The van der Waals surface area contributed by atoms with Crippen molar-refractivity contribution in [1.82, 2.24) is 14.7 Å². The molecule has 0 bridgehead atoms. The van der Waals surface area contributed by atoms with E-state index in [0.29, 0.717) is 11.6 Å². The van der Waals surface area contributed by atoms with Gasteiger partial charge in [0.1, 0.15) is 0 Å². The predicted molar refractivity (Wildman–Crippen MR) is 99.0 cm³/mol. The number of urea groups is 1. The van der Waals surface area contributed by atoms with Gasteiger partial charge in [-0.1, -0.05) is 18.2 Å². The normalized spacial score (nSPS) is 24.5. The zero-order valence-electron chi connectivity index (χ0n) is 14.7. The zero-order chi connectivity index (χ0) is 18.6. The number of benzene rings is 1. The Bertz CT molecular complexity index is 876. The highest BCUT2D eigenvalue weighted by Crippen LogP contribution is 2.38. The molecule has 4 rings (SSSR count). The molecule has 134 valence electrons. The number of rotatable bonds is 3. The molecule has 0 aliphatic carbocycles. The van der Waals surface area contributed by atoms with E-state index in [1.807, 2.05) is 47.2 Å². The molecule has 1 aromatic rings. The van der Waals surface area contributed by atoms with Gasteiger partial charge in [-0.2, -0.15) is 0 Å². The van der Waals surface area contributed by atoms with Crippen LogP contribution in [0.4, 0.5) is 16.2 Å². The maximum atomic E-state index is 13.0. The summed E-state index contributed by atoms with van der Waals surface area (Å²) >= 11 is 0. The molecule has 3 heterocycles. The number of nitrogens with two attached hydrogens (primary N) is 1. The summed E-state index contributed by atoms with van der Waals surface area (Å²) in [6.07, 6.45) is 2.86. The molecule has 8 heteroatoms. The van der Waals surface area contributed by atoms with Gasteiger partial charge < -0.3 is 15.5 Å². The smallest absolute Gasteiger partial charge is 0.328 e.